The van der Waals surface area contributed by atoms with Gasteiger partial charge in [-0.1, -0.05) is 24.0 Å². The second-order valence-corrected chi connectivity index (χ2v) is 6.99. The maximum atomic E-state index is 11.2. The Labute approximate surface area is 148 Å². The summed E-state index contributed by atoms with van der Waals surface area (Å²) in [6.07, 6.45) is 5.23. The van der Waals surface area contributed by atoms with E-state index in [2.05, 4.69) is 23.5 Å². The van der Waals surface area contributed by atoms with Crippen LogP contribution in [-0.2, 0) is 13.5 Å². The summed E-state index contributed by atoms with van der Waals surface area (Å²) >= 11 is 0. The molecule has 1 aromatic heterocycles. The minimum Gasteiger partial charge on any atom is -0.274 e. The van der Waals surface area contributed by atoms with Gasteiger partial charge in [-0.05, 0) is 39.2 Å². The van der Waals surface area contributed by atoms with Crippen molar-refractivity contribution >= 4 is 5.69 Å². The molecule has 0 radical (unpaired) electrons. The molecule has 2 aromatic rings. The lowest BCUT2D eigenvalue weighted by Crippen LogP contribution is -1.99. The number of nitrogens with zero attached hydrogens (tertiary/aromatic N) is 3. The van der Waals surface area contributed by atoms with Gasteiger partial charge in [0.15, 0.2) is 0 Å². The van der Waals surface area contributed by atoms with E-state index in [0.717, 1.165) is 29.5 Å². The van der Waals surface area contributed by atoms with Crippen LogP contribution in [0.4, 0.5) is 5.69 Å². The van der Waals surface area contributed by atoms with Crippen molar-refractivity contribution in [3.8, 4) is 23.1 Å². The van der Waals surface area contributed by atoms with E-state index >= 15 is 0 Å². The van der Waals surface area contributed by atoms with Crippen molar-refractivity contribution in [1.82, 2.24) is 9.78 Å². The van der Waals surface area contributed by atoms with Gasteiger partial charge in [-0.2, -0.15) is 5.10 Å². The fourth-order valence-electron chi connectivity index (χ4n) is 2.41. The van der Waals surface area contributed by atoms with Gasteiger partial charge in [-0.15, -0.1) is 6.58 Å². The van der Waals surface area contributed by atoms with Crippen LogP contribution in [0.5, 0.6) is 0 Å². The number of benzene rings is 1. The Morgan fingerprint density at radius 3 is 2.72 bits per heavy atom. The molecular formula is C20H23N3O2. The van der Waals surface area contributed by atoms with Gasteiger partial charge < -0.3 is 0 Å². The van der Waals surface area contributed by atoms with Crippen LogP contribution in [-0.4, -0.2) is 14.7 Å². The molecule has 0 spiro atoms. The van der Waals surface area contributed by atoms with Gasteiger partial charge >= 0.3 is 0 Å². The lowest BCUT2D eigenvalue weighted by atomic mass is 9.95. The van der Waals surface area contributed by atoms with E-state index in [-0.39, 0.29) is 16.0 Å². The SMILES string of the molecule is C=CCCc1ccc([N+](=O)[O-])cc1-c1nn(C)cc1C#CC(C)(C)C. The quantitative estimate of drug-likeness (QED) is 0.349. The topological polar surface area (TPSA) is 61.0 Å². The molecular weight excluding hydrogens is 314 g/mol. The Hall–Kier alpha value is -2.87. The zero-order valence-corrected chi connectivity index (χ0v) is 15.2. The average molecular weight is 337 g/mol. The third-order valence-corrected chi connectivity index (χ3v) is 3.58. The zero-order chi connectivity index (χ0) is 18.6. The Bertz CT molecular complexity index is 861. The van der Waals surface area contributed by atoms with Crippen LogP contribution in [0.25, 0.3) is 11.3 Å². The molecule has 0 bridgehead atoms. The molecule has 0 aliphatic rings. The van der Waals surface area contributed by atoms with E-state index in [1.165, 1.54) is 6.07 Å². The van der Waals surface area contributed by atoms with Gasteiger partial charge in [-0.3, -0.25) is 14.8 Å². The third kappa shape index (κ3) is 4.80. The van der Waals surface area contributed by atoms with Gasteiger partial charge in [0.2, 0.25) is 0 Å². The first-order valence-corrected chi connectivity index (χ1v) is 8.16. The van der Waals surface area contributed by atoms with Crippen molar-refractivity contribution in [2.75, 3.05) is 0 Å². The molecule has 0 aliphatic carbocycles. The average Bonchev–Trinajstić information content (AvgIpc) is 2.90. The summed E-state index contributed by atoms with van der Waals surface area (Å²) in [4.78, 5) is 10.8. The van der Waals surface area contributed by atoms with E-state index < -0.39 is 0 Å². The highest BCUT2D eigenvalue weighted by molar-refractivity contribution is 5.72. The fraction of sp³-hybridized carbons (Fsp3) is 0.350. The number of nitro groups is 1. The van der Waals surface area contributed by atoms with Gasteiger partial charge in [0, 0.05) is 36.4 Å². The molecule has 0 saturated carbocycles. The second kappa shape index (κ2) is 7.35. The van der Waals surface area contributed by atoms with Gasteiger partial charge in [-0.25, -0.2) is 0 Å². The van der Waals surface area contributed by atoms with Crippen LogP contribution >= 0.6 is 0 Å². The number of rotatable bonds is 5. The molecule has 1 heterocycles. The first-order chi connectivity index (χ1) is 11.7. The summed E-state index contributed by atoms with van der Waals surface area (Å²) in [6, 6.07) is 4.92. The Kier molecular flexibility index (Phi) is 5.43. The summed E-state index contributed by atoms with van der Waals surface area (Å²) < 4.78 is 1.69. The second-order valence-electron chi connectivity index (χ2n) is 6.99. The number of nitro benzene ring substituents is 1. The molecule has 0 saturated heterocycles. The summed E-state index contributed by atoms with van der Waals surface area (Å²) in [5.41, 5.74) is 3.14. The number of non-ortho nitro benzene ring substituents is 1. The minimum absolute atomic E-state index is 0.0535. The van der Waals surface area contributed by atoms with Crippen LogP contribution in [0.15, 0.2) is 37.1 Å². The summed E-state index contributed by atoms with van der Waals surface area (Å²) in [5, 5.41) is 15.7. The highest BCUT2D eigenvalue weighted by atomic mass is 16.6. The molecule has 1 aromatic carbocycles. The fourth-order valence-corrected chi connectivity index (χ4v) is 2.41. The molecule has 5 nitrogen and oxygen atoms in total. The maximum Gasteiger partial charge on any atom is 0.270 e. The molecule has 25 heavy (non-hydrogen) atoms. The van der Waals surface area contributed by atoms with Crippen LogP contribution in [0.1, 0.15) is 38.3 Å². The predicted octanol–water partition coefficient (Wildman–Crippen LogP) is 4.51. The standard InChI is InChI=1S/C20H23N3O2/c1-6-7-8-15-9-10-17(23(24)25)13-18(15)19-16(14-22(5)21-19)11-12-20(2,3)4/h6,9-10,13-14H,1,7-8H2,2-5H3. The van der Waals surface area contributed by atoms with Crippen LogP contribution < -0.4 is 0 Å². The van der Waals surface area contributed by atoms with Crippen LogP contribution in [0, 0.1) is 27.4 Å². The molecule has 130 valence electrons. The van der Waals surface area contributed by atoms with E-state index in [9.17, 15) is 10.1 Å². The summed E-state index contributed by atoms with van der Waals surface area (Å²) in [7, 11) is 1.83. The Morgan fingerprint density at radius 2 is 2.12 bits per heavy atom. The van der Waals surface area contributed by atoms with E-state index in [1.54, 1.807) is 16.8 Å². The lowest BCUT2D eigenvalue weighted by molar-refractivity contribution is -0.384. The first kappa shape index (κ1) is 18.5. The van der Waals surface area contributed by atoms with Crippen molar-refractivity contribution in [2.45, 2.75) is 33.6 Å². The van der Waals surface area contributed by atoms with Crippen molar-refractivity contribution in [1.29, 1.82) is 0 Å². The molecule has 0 aliphatic heterocycles. The third-order valence-electron chi connectivity index (χ3n) is 3.58. The monoisotopic (exact) mass is 337 g/mol. The Balaban J connectivity index is 2.62. The predicted molar refractivity (Wildman–Crippen MR) is 100 cm³/mol. The van der Waals surface area contributed by atoms with Gasteiger partial charge in [0.1, 0.15) is 5.69 Å². The normalized spacial score (nSPS) is 10.9. The number of allylic oxidation sites excluding steroid dienone is 1. The minimum atomic E-state index is -0.385. The van der Waals surface area contributed by atoms with Crippen molar-refractivity contribution in [3.05, 3.63) is 58.3 Å². The largest absolute Gasteiger partial charge is 0.274 e. The van der Waals surface area contributed by atoms with Crippen molar-refractivity contribution in [3.63, 3.8) is 0 Å². The van der Waals surface area contributed by atoms with Gasteiger partial charge in [0.25, 0.3) is 5.69 Å². The van der Waals surface area contributed by atoms with E-state index in [4.69, 9.17) is 0 Å². The van der Waals surface area contributed by atoms with Gasteiger partial charge in [0.05, 0.1) is 10.5 Å². The highest BCUT2D eigenvalue weighted by Gasteiger charge is 2.17. The molecule has 0 unspecified atom stereocenters. The van der Waals surface area contributed by atoms with E-state index in [0.29, 0.717) is 5.69 Å². The molecule has 0 fully saturated rings. The number of aryl methyl sites for hydroxylation is 2. The zero-order valence-electron chi connectivity index (χ0n) is 15.2. The van der Waals surface area contributed by atoms with Crippen LogP contribution in [0.2, 0.25) is 0 Å². The lowest BCUT2D eigenvalue weighted by Gasteiger charge is -2.08. The molecule has 0 N–H and O–H groups in total. The maximum absolute atomic E-state index is 11.2. The van der Waals surface area contributed by atoms with Crippen molar-refractivity contribution < 1.29 is 4.92 Å². The molecule has 5 heteroatoms. The summed E-state index contributed by atoms with van der Waals surface area (Å²) in [5.74, 6) is 6.39. The highest BCUT2D eigenvalue weighted by Crippen LogP contribution is 2.30. The van der Waals surface area contributed by atoms with Crippen LogP contribution in [0.3, 0.4) is 0 Å². The smallest absolute Gasteiger partial charge is 0.270 e. The number of aromatic nitrogens is 2. The molecule has 2 rings (SSSR count). The molecule has 0 amide bonds. The van der Waals surface area contributed by atoms with Crippen molar-refractivity contribution in [2.24, 2.45) is 12.5 Å². The summed E-state index contributed by atoms with van der Waals surface area (Å²) in [6.45, 7) is 9.87. The Morgan fingerprint density at radius 1 is 1.40 bits per heavy atom. The number of hydrogen-bond acceptors (Lipinski definition) is 3. The van der Waals surface area contributed by atoms with E-state index in [1.807, 2.05) is 40.1 Å². The first-order valence-electron chi connectivity index (χ1n) is 8.16. The molecule has 0 atom stereocenters. The number of hydrogen-bond donors (Lipinski definition) is 0.